The van der Waals surface area contributed by atoms with Crippen LogP contribution in [-0.4, -0.2) is 35.7 Å². The third-order valence-corrected chi connectivity index (χ3v) is 6.01. The summed E-state index contributed by atoms with van der Waals surface area (Å²) in [5.74, 6) is -1.31. The first-order valence-electron chi connectivity index (χ1n) is 7.47. The van der Waals surface area contributed by atoms with E-state index in [4.69, 9.17) is 0 Å². The van der Waals surface area contributed by atoms with Gasteiger partial charge in [-0.05, 0) is 24.6 Å². The number of aliphatic hydroxyl groups excluding tert-OH is 1. The number of carbonyl (C=O) groups excluding carboxylic acids is 1. The molecule has 0 unspecified atom stereocenters. The van der Waals surface area contributed by atoms with Crippen LogP contribution in [0, 0.1) is 17.0 Å². The zero-order valence-corrected chi connectivity index (χ0v) is 14.6. The van der Waals surface area contributed by atoms with Crippen LogP contribution in [0.1, 0.15) is 16.7 Å². The molecule has 1 aliphatic heterocycles. The molecule has 0 aromatic heterocycles. The monoisotopic (exact) mass is 374 g/mol. The van der Waals surface area contributed by atoms with Crippen molar-refractivity contribution in [3.05, 3.63) is 69.3 Å². The number of nitro groups is 1. The molecule has 9 heteroatoms. The summed E-state index contributed by atoms with van der Waals surface area (Å²) in [4.78, 5) is 22.8. The summed E-state index contributed by atoms with van der Waals surface area (Å²) < 4.78 is 25.4. The van der Waals surface area contributed by atoms with Gasteiger partial charge in [0.25, 0.3) is 21.6 Å². The van der Waals surface area contributed by atoms with Gasteiger partial charge in [0.05, 0.1) is 15.4 Å². The van der Waals surface area contributed by atoms with E-state index in [0.717, 1.165) is 7.05 Å². The molecule has 0 fully saturated rings. The average molecular weight is 374 g/mol. The van der Waals surface area contributed by atoms with Crippen LogP contribution in [0.25, 0.3) is 11.3 Å². The highest BCUT2D eigenvalue weighted by Crippen LogP contribution is 2.37. The fourth-order valence-corrected chi connectivity index (χ4v) is 4.12. The number of aliphatic hydroxyl groups is 1. The summed E-state index contributed by atoms with van der Waals surface area (Å²) >= 11 is 0. The number of non-ortho nitro benzene ring substituents is 1. The Morgan fingerprint density at radius 2 is 1.85 bits per heavy atom. The van der Waals surface area contributed by atoms with Gasteiger partial charge in [0.2, 0.25) is 0 Å². The van der Waals surface area contributed by atoms with Crippen LogP contribution in [0.3, 0.4) is 0 Å². The molecule has 1 N–H and O–H groups in total. The minimum Gasteiger partial charge on any atom is -0.506 e. The third-order valence-electron chi connectivity index (χ3n) is 4.21. The van der Waals surface area contributed by atoms with Gasteiger partial charge in [-0.25, -0.2) is 12.7 Å². The molecule has 134 valence electrons. The zero-order valence-electron chi connectivity index (χ0n) is 13.8. The predicted octanol–water partition coefficient (Wildman–Crippen LogP) is 2.49. The Kier molecular flexibility index (Phi) is 4.03. The van der Waals surface area contributed by atoms with Crippen molar-refractivity contribution >= 4 is 33.0 Å². The van der Waals surface area contributed by atoms with E-state index in [0.29, 0.717) is 9.87 Å². The molecule has 0 saturated carbocycles. The lowest BCUT2D eigenvalue weighted by atomic mass is 9.97. The van der Waals surface area contributed by atoms with Crippen molar-refractivity contribution in [3.8, 4) is 0 Å². The van der Waals surface area contributed by atoms with Crippen LogP contribution in [-0.2, 0) is 14.8 Å². The SMILES string of the molecule is Cc1cc([N+](=O)[O-])ccc1/C(O)=C1/C(=O)N(C)S(=O)(=O)c2ccccc21. The quantitative estimate of drug-likeness (QED) is 0.373. The van der Waals surface area contributed by atoms with E-state index in [9.17, 15) is 28.4 Å². The Labute approximate surface area is 149 Å². The summed E-state index contributed by atoms with van der Waals surface area (Å²) in [5, 5.41) is 21.6. The average Bonchev–Trinajstić information content (AvgIpc) is 2.60. The Morgan fingerprint density at radius 3 is 2.46 bits per heavy atom. The number of aryl methyl sites for hydroxylation is 1. The highest BCUT2D eigenvalue weighted by Gasteiger charge is 2.39. The van der Waals surface area contributed by atoms with Crippen molar-refractivity contribution in [1.82, 2.24) is 4.31 Å². The standard InChI is InChI=1S/C17H14N2O6S/c1-10-9-11(19(22)23)7-8-12(10)16(20)15-13-5-3-4-6-14(13)26(24,25)18(2)17(15)21/h3-9,20H,1-2H3/b16-15-. The van der Waals surface area contributed by atoms with Crippen molar-refractivity contribution in [3.63, 3.8) is 0 Å². The van der Waals surface area contributed by atoms with Crippen LogP contribution in [0.2, 0.25) is 0 Å². The molecule has 1 amide bonds. The minimum absolute atomic E-state index is 0.0888. The highest BCUT2D eigenvalue weighted by atomic mass is 32.2. The number of nitrogens with zero attached hydrogens (tertiary/aromatic N) is 2. The van der Waals surface area contributed by atoms with Crippen LogP contribution >= 0.6 is 0 Å². The summed E-state index contributed by atoms with van der Waals surface area (Å²) in [6.45, 7) is 1.55. The molecule has 0 aliphatic carbocycles. The largest absolute Gasteiger partial charge is 0.506 e. The Morgan fingerprint density at radius 1 is 1.19 bits per heavy atom. The molecule has 0 spiro atoms. The van der Waals surface area contributed by atoms with Gasteiger partial charge < -0.3 is 5.11 Å². The Bertz CT molecular complexity index is 1090. The van der Waals surface area contributed by atoms with Gasteiger partial charge in [0.15, 0.2) is 0 Å². The van der Waals surface area contributed by atoms with E-state index in [1.165, 1.54) is 36.4 Å². The second-order valence-corrected chi connectivity index (χ2v) is 7.69. The van der Waals surface area contributed by atoms with Crippen molar-refractivity contribution < 1.29 is 23.2 Å². The highest BCUT2D eigenvalue weighted by molar-refractivity contribution is 7.90. The van der Waals surface area contributed by atoms with Crippen molar-refractivity contribution in [2.75, 3.05) is 7.05 Å². The molecule has 1 heterocycles. The fourth-order valence-electron chi connectivity index (χ4n) is 2.82. The van der Waals surface area contributed by atoms with Gasteiger partial charge in [-0.2, -0.15) is 0 Å². The number of nitro benzene ring substituents is 1. The number of fused-ring (bicyclic) bond motifs is 1. The maximum atomic E-state index is 12.6. The van der Waals surface area contributed by atoms with Crippen molar-refractivity contribution in [2.24, 2.45) is 0 Å². The second kappa shape index (κ2) is 5.95. The molecule has 3 rings (SSSR count). The Balaban J connectivity index is 2.31. The molecular weight excluding hydrogens is 360 g/mol. The van der Waals surface area contributed by atoms with E-state index in [1.54, 1.807) is 13.0 Å². The number of hydrogen-bond acceptors (Lipinski definition) is 6. The smallest absolute Gasteiger partial charge is 0.271 e. The molecule has 2 aromatic carbocycles. The molecule has 2 aromatic rings. The normalized spacial score (nSPS) is 17.6. The van der Waals surface area contributed by atoms with E-state index >= 15 is 0 Å². The van der Waals surface area contributed by atoms with Crippen molar-refractivity contribution in [2.45, 2.75) is 11.8 Å². The summed E-state index contributed by atoms with van der Waals surface area (Å²) in [6, 6.07) is 9.67. The second-order valence-electron chi connectivity index (χ2n) is 5.75. The lowest BCUT2D eigenvalue weighted by Crippen LogP contribution is -2.38. The summed E-state index contributed by atoms with van der Waals surface area (Å²) in [7, 11) is -2.88. The van der Waals surface area contributed by atoms with E-state index in [-0.39, 0.29) is 27.3 Å². The van der Waals surface area contributed by atoms with Crippen LogP contribution < -0.4 is 0 Å². The molecular formula is C17H14N2O6S. The molecule has 0 radical (unpaired) electrons. The fraction of sp³-hybridized carbons (Fsp3) is 0.118. The number of carbonyl (C=O) groups is 1. The van der Waals surface area contributed by atoms with Gasteiger partial charge >= 0.3 is 0 Å². The van der Waals surface area contributed by atoms with Gasteiger partial charge in [-0.3, -0.25) is 14.9 Å². The molecule has 0 saturated heterocycles. The summed E-state index contributed by atoms with van der Waals surface area (Å²) in [5.41, 5.74) is 0.354. The molecule has 1 aliphatic rings. The third kappa shape index (κ3) is 2.53. The maximum Gasteiger partial charge on any atom is 0.271 e. The molecule has 8 nitrogen and oxygen atoms in total. The number of benzene rings is 2. The first-order valence-corrected chi connectivity index (χ1v) is 8.91. The van der Waals surface area contributed by atoms with Crippen molar-refractivity contribution in [1.29, 1.82) is 0 Å². The molecule has 26 heavy (non-hydrogen) atoms. The lowest BCUT2D eigenvalue weighted by molar-refractivity contribution is -0.384. The predicted molar refractivity (Wildman–Crippen MR) is 93.7 cm³/mol. The number of sulfonamides is 1. The zero-order chi connectivity index (χ0) is 19.2. The first-order chi connectivity index (χ1) is 12.2. The minimum atomic E-state index is -4.00. The van der Waals surface area contributed by atoms with Crippen LogP contribution in [0.15, 0.2) is 47.4 Å². The number of rotatable bonds is 2. The van der Waals surface area contributed by atoms with Crippen LogP contribution in [0.5, 0.6) is 0 Å². The van der Waals surface area contributed by atoms with E-state index in [1.807, 2.05) is 0 Å². The first kappa shape index (κ1) is 17.6. The number of hydrogen-bond donors (Lipinski definition) is 1. The number of likely N-dealkylation sites (N-methyl/N-ethyl adjacent to an activating group) is 1. The molecule has 0 bridgehead atoms. The lowest BCUT2D eigenvalue weighted by Gasteiger charge is -2.27. The van der Waals surface area contributed by atoms with E-state index in [2.05, 4.69) is 0 Å². The van der Waals surface area contributed by atoms with Gasteiger partial charge in [0, 0.05) is 30.3 Å². The van der Waals surface area contributed by atoms with Crippen LogP contribution in [0.4, 0.5) is 5.69 Å². The van der Waals surface area contributed by atoms with E-state index < -0.39 is 26.6 Å². The summed E-state index contributed by atoms with van der Waals surface area (Å²) in [6.07, 6.45) is 0. The van der Waals surface area contributed by atoms with Gasteiger partial charge in [-0.15, -0.1) is 0 Å². The molecule has 0 atom stereocenters. The maximum absolute atomic E-state index is 12.6. The van der Waals surface area contributed by atoms with Gasteiger partial charge in [0.1, 0.15) is 5.76 Å². The Hall–Kier alpha value is -3.20. The van der Waals surface area contributed by atoms with Gasteiger partial charge in [-0.1, -0.05) is 18.2 Å². The topological polar surface area (TPSA) is 118 Å². The number of amides is 1.